The minimum absolute atomic E-state index is 0.0151. The topological polar surface area (TPSA) is 81.5 Å². The van der Waals surface area contributed by atoms with Gasteiger partial charge in [-0.2, -0.15) is 0 Å². The molecule has 1 N–H and O–H groups in total. The molecular weight excluding hydrogens is 380 g/mol. The molecule has 6 heteroatoms. The van der Waals surface area contributed by atoms with Gasteiger partial charge in [-0.3, -0.25) is 14.9 Å². The lowest BCUT2D eigenvalue weighted by Gasteiger charge is -2.12. The normalized spacial score (nSPS) is 10.7. The Kier molecular flexibility index (Phi) is 7.33. The molecule has 30 heavy (non-hydrogen) atoms. The van der Waals surface area contributed by atoms with Crippen LogP contribution in [0.15, 0.2) is 84.9 Å². The van der Waals surface area contributed by atoms with E-state index < -0.39 is 4.92 Å². The van der Waals surface area contributed by atoms with Crippen LogP contribution < -0.4 is 10.1 Å². The summed E-state index contributed by atoms with van der Waals surface area (Å²) in [7, 11) is 0. The number of hydrogen-bond acceptors (Lipinski definition) is 4. The molecule has 1 amide bonds. The maximum Gasteiger partial charge on any atom is 0.269 e. The SMILES string of the molecule is O=C(C=Cc1ccc([N+](=O)[O-])cc1)NCCOc1ccccc1Cc1ccccc1. The standard InChI is InChI=1S/C24H22N2O4/c27-24(15-12-19-10-13-22(14-11-19)26(28)29)25-16-17-30-23-9-5-4-8-21(23)18-20-6-2-1-3-7-20/h1-15H,16-18H2,(H,25,27). The van der Waals surface area contributed by atoms with E-state index in [9.17, 15) is 14.9 Å². The van der Waals surface area contributed by atoms with Crippen molar-refractivity contribution in [1.82, 2.24) is 5.32 Å². The van der Waals surface area contributed by atoms with Crippen molar-refractivity contribution in [2.75, 3.05) is 13.2 Å². The van der Waals surface area contributed by atoms with Crippen LogP contribution in [-0.2, 0) is 11.2 Å². The van der Waals surface area contributed by atoms with E-state index in [1.165, 1.54) is 23.8 Å². The van der Waals surface area contributed by atoms with Gasteiger partial charge in [-0.15, -0.1) is 0 Å². The molecule has 0 fully saturated rings. The number of amides is 1. The summed E-state index contributed by atoms with van der Waals surface area (Å²) in [6.07, 6.45) is 3.78. The van der Waals surface area contributed by atoms with E-state index >= 15 is 0 Å². The number of nitro groups is 1. The Labute approximate surface area is 175 Å². The van der Waals surface area contributed by atoms with Crippen molar-refractivity contribution in [2.24, 2.45) is 0 Å². The molecule has 0 saturated heterocycles. The van der Waals surface area contributed by atoms with Crippen LogP contribution >= 0.6 is 0 Å². The highest BCUT2D eigenvalue weighted by Crippen LogP contribution is 2.21. The van der Waals surface area contributed by atoms with Crippen molar-refractivity contribution in [3.05, 3.63) is 112 Å². The Morgan fingerprint density at radius 2 is 1.67 bits per heavy atom. The van der Waals surface area contributed by atoms with Crippen LogP contribution in [0.4, 0.5) is 5.69 Å². The van der Waals surface area contributed by atoms with Crippen molar-refractivity contribution in [3.8, 4) is 5.75 Å². The second-order valence-electron chi connectivity index (χ2n) is 6.59. The lowest BCUT2D eigenvalue weighted by molar-refractivity contribution is -0.384. The fraction of sp³-hybridized carbons (Fsp3) is 0.125. The number of hydrogen-bond donors (Lipinski definition) is 1. The number of nitrogens with one attached hydrogen (secondary N) is 1. The molecule has 0 radical (unpaired) electrons. The fourth-order valence-corrected chi connectivity index (χ4v) is 2.88. The van der Waals surface area contributed by atoms with Gasteiger partial charge in [0.1, 0.15) is 12.4 Å². The third-order valence-electron chi connectivity index (χ3n) is 4.40. The Hall–Kier alpha value is -3.93. The first kappa shape index (κ1) is 20.8. The average Bonchev–Trinajstić information content (AvgIpc) is 2.77. The van der Waals surface area contributed by atoms with Crippen LogP contribution in [0.3, 0.4) is 0 Å². The maximum absolute atomic E-state index is 11.9. The smallest absolute Gasteiger partial charge is 0.269 e. The van der Waals surface area contributed by atoms with Gasteiger partial charge in [0.05, 0.1) is 11.5 Å². The number of ether oxygens (including phenoxy) is 1. The van der Waals surface area contributed by atoms with Gasteiger partial charge in [0.25, 0.3) is 5.69 Å². The molecule has 0 spiro atoms. The van der Waals surface area contributed by atoms with Crippen LogP contribution in [0.25, 0.3) is 6.08 Å². The number of nitrogens with zero attached hydrogens (tertiary/aromatic N) is 1. The van der Waals surface area contributed by atoms with Crippen molar-refractivity contribution < 1.29 is 14.5 Å². The summed E-state index contributed by atoms with van der Waals surface area (Å²) in [4.78, 5) is 22.1. The summed E-state index contributed by atoms with van der Waals surface area (Å²) in [5, 5.41) is 13.4. The van der Waals surface area contributed by atoms with E-state index in [0.29, 0.717) is 18.7 Å². The average molecular weight is 402 g/mol. The van der Waals surface area contributed by atoms with Crippen LogP contribution in [0.1, 0.15) is 16.7 Å². The third-order valence-corrected chi connectivity index (χ3v) is 4.40. The quantitative estimate of drug-likeness (QED) is 0.249. The zero-order valence-corrected chi connectivity index (χ0v) is 16.4. The Bertz CT molecular complexity index is 1010. The van der Waals surface area contributed by atoms with Gasteiger partial charge in [0, 0.05) is 24.6 Å². The first-order chi connectivity index (χ1) is 14.6. The molecule has 0 atom stereocenters. The van der Waals surface area contributed by atoms with Gasteiger partial charge in [-0.1, -0.05) is 48.5 Å². The third kappa shape index (κ3) is 6.31. The van der Waals surface area contributed by atoms with E-state index in [1.807, 2.05) is 42.5 Å². The highest BCUT2D eigenvalue weighted by Gasteiger charge is 2.05. The van der Waals surface area contributed by atoms with Crippen LogP contribution in [0.5, 0.6) is 5.75 Å². The summed E-state index contributed by atoms with van der Waals surface area (Å²) in [6, 6.07) is 24.0. The van der Waals surface area contributed by atoms with Crippen molar-refractivity contribution in [2.45, 2.75) is 6.42 Å². The molecule has 0 bridgehead atoms. The molecule has 152 valence electrons. The molecule has 3 rings (SSSR count). The van der Waals surface area contributed by atoms with E-state index in [2.05, 4.69) is 17.4 Å². The first-order valence-electron chi connectivity index (χ1n) is 9.57. The minimum Gasteiger partial charge on any atom is -0.491 e. The van der Waals surface area contributed by atoms with Gasteiger partial charge < -0.3 is 10.1 Å². The second-order valence-corrected chi connectivity index (χ2v) is 6.59. The Balaban J connectivity index is 1.45. The van der Waals surface area contributed by atoms with Gasteiger partial charge in [-0.25, -0.2) is 0 Å². The predicted octanol–water partition coefficient (Wildman–Crippen LogP) is 4.39. The highest BCUT2D eigenvalue weighted by molar-refractivity contribution is 5.91. The molecule has 3 aromatic rings. The molecule has 0 unspecified atom stereocenters. The largest absolute Gasteiger partial charge is 0.491 e. The second kappa shape index (κ2) is 10.6. The first-order valence-corrected chi connectivity index (χ1v) is 9.57. The number of carbonyl (C=O) groups is 1. The van der Waals surface area contributed by atoms with Crippen molar-refractivity contribution in [3.63, 3.8) is 0 Å². The number of carbonyl (C=O) groups excluding carboxylic acids is 1. The lowest BCUT2D eigenvalue weighted by atomic mass is 10.0. The summed E-state index contributed by atoms with van der Waals surface area (Å²) in [5.74, 6) is 0.548. The highest BCUT2D eigenvalue weighted by atomic mass is 16.6. The van der Waals surface area contributed by atoms with Crippen LogP contribution in [-0.4, -0.2) is 24.0 Å². The molecule has 0 saturated carbocycles. The van der Waals surface area contributed by atoms with Gasteiger partial charge in [0.15, 0.2) is 0 Å². The van der Waals surface area contributed by atoms with E-state index in [0.717, 1.165) is 17.7 Å². The zero-order valence-electron chi connectivity index (χ0n) is 16.4. The van der Waals surface area contributed by atoms with E-state index in [-0.39, 0.29) is 11.6 Å². The number of benzene rings is 3. The Morgan fingerprint density at radius 3 is 2.40 bits per heavy atom. The molecule has 6 nitrogen and oxygen atoms in total. The summed E-state index contributed by atoms with van der Waals surface area (Å²) < 4.78 is 5.86. The summed E-state index contributed by atoms with van der Waals surface area (Å²) in [5.41, 5.74) is 3.02. The zero-order chi connectivity index (χ0) is 21.2. The number of non-ortho nitro benzene ring substituents is 1. The van der Waals surface area contributed by atoms with Crippen LogP contribution in [0, 0.1) is 10.1 Å². The number of rotatable bonds is 9. The minimum atomic E-state index is -0.460. The van der Waals surface area contributed by atoms with Crippen LogP contribution in [0.2, 0.25) is 0 Å². The maximum atomic E-state index is 11.9. The Morgan fingerprint density at radius 1 is 0.967 bits per heavy atom. The van der Waals surface area contributed by atoms with Crippen molar-refractivity contribution in [1.29, 1.82) is 0 Å². The molecule has 0 aliphatic carbocycles. The molecule has 0 heterocycles. The predicted molar refractivity (Wildman–Crippen MR) is 116 cm³/mol. The summed E-state index contributed by atoms with van der Waals surface area (Å²) >= 11 is 0. The number of nitro benzene ring substituents is 1. The van der Waals surface area contributed by atoms with E-state index in [1.54, 1.807) is 18.2 Å². The molecule has 0 aromatic heterocycles. The fourth-order valence-electron chi connectivity index (χ4n) is 2.88. The van der Waals surface area contributed by atoms with Gasteiger partial charge >= 0.3 is 0 Å². The lowest BCUT2D eigenvalue weighted by Crippen LogP contribution is -2.26. The molecule has 0 aliphatic rings. The van der Waals surface area contributed by atoms with Crippen molar-refractivity contribution >= 4 is 17.7 Å². The van der Waals surface area contributed by atoms with Gasteiger partial charge in [0.2, 0.25) is 5.91 Å². The number of para-hydroxylation sites is 1. The molecule has 0 aliphatic heterocycles. The monoisotopic (exact) mass is 402 g/mol. The van der Waals surface area contributed by atoms with Gasteiger partial charge in [-0.05, 0) is 41.0 Å². The molecule has 3 aromatic carbocycles. The summed E-state index contributed by atoms with van der Waals surface area (Å²) in [6.45, 7) is 0.714. The molecular formula is C24H22N2O4. The van der Waals surface area contributed by atoms with E-state index in [4.69, 9.17) is 4.74 Å².